The first-order valence-electron chi connectivity index (χ1n) is 8.75. The van der Waals surface area contributed by atoms with E-state index in [1.165, 1.54) is 5.56 Å². The van der Waals surface area contributed by atoms with E-state index in [2.05, 4.69) is 40.6 Å². The van der Waals surface area contributed by atoms with Gasteiger partial charge in [0.25, 0.3) is 0 Å². The highest BCUT2D eigenvalue weighted by Gasteiger charge is 2.60. The van der Waals surface area contributed by atoms with Crippen molar-refractivity contribution >= 4 is 0 Å². The van der Waals surface area contributed by atoms with Gasteiger partial charge in [-0.1, -0.05) is 23.4 Å². The van der Waals surface area contributed by atoms with E-state index in [1.807, 2.05) is 6.07 Å². The van der Waals surface area contributed by atoms with Gasteiger partial charge in [0.15, 0.2) is 5.82 Å². The van der Waals surface area contributed by atoms with Crippen LogP contribution in [0, 0.1) is 0 Å². The Hall–Kier alpha value is -1.92. The molecule has 2 aliphatic heterocycles. The van der Waals surface area contributed by atoms with Crippen molar-refractivity contribution in [2.45, 2.75) is 30.2 Å². The van der Waals surface area contributed by atoms with Crippen LogP contribution in [0.3, 0.4) is 0 Å². The number of nitrogens with zero attached hydrogens (tertiary/aromatic N) is 3. The van der Waals surface area contributed by atoms with Crippen molar-refractivity contribution < 1.29 is 9.26 Å². The third-order valence-corrected chi connectivity index (χ3v) is 5.87. The Morgan fingerprint density at radius 2 is 2.25 bits per heavy atom. The number of rotatable bonds is 2. The average molecular weight is 326 g/mol. The molecule has 1 aromatic carbocycles. The first kappa shape index (κ1) is 14.4. The number of aromatic nitrogens is 2. The summed E-state index contributed by atoms with van der Waals surface area (Å²) in [6.07, 6.45) is 2.10. The van der Waals surface area contributed by atoms with E-state index in [9.17, 15) is 0 Å². The molecular weight excluding hydrogens is 304 g/mol. The lowest BCUT2D eigenvalue weighted by Crippen LogP contribution is -2.44. The van der Waals surface area contributed by atoms with Crippen LogP contribution < -0.4 is 10.1 Å². The zero-order valence-electron chi connectivity index (χ0n) is 13.9. The minimum Gasteiger partial charge on any atom is -0.493 e. The quantitative estimate of drug-likeness (QED) is 0.909. The molecule has 126 valence electrons. The summed E-state index contributed by atoms with van der Waals surface area (Å²) < 4.78 is 11.5. The molecule has 1 aliphatic carbocycles. The van der Waals surface area contributed by atoms with Crippen LogP contribution in [-0.4, -0.2) is 48.3 Å². The third-order valence-electron chi connectivity index (χ3n) is 5.87. The summed E-state index contributed by atoms with van der Waals surface area (Å²) in [5.41, 5.74) is 1.44. The maximum absolute atomic E-state index is 5.82. The van der Waals surface area contributed by atoms with E-state index < -0.39 is 0 Å². The molecule has 0 bridgehead atoms. The minimum atomic E-state index is 0.134. The van der Waals surface area contributed by atoms with Gasteiger partial charge in [-0.2, -0.15) is 4.98 Å². The second-order valence-electron chi connectivity index (χ2n) is 7.20. The van der Waals surface area contributed by atoms with Crippen LogP contribution in [-0.2, 0) is 5.41 Å². The van der Waals surface area contributed by atoms with Gasteiger partial charge in [-0.25, -0.2) is 0 Å². The topological polar surface area (TPSA) is 63.4 Å². The van der Waals surface area contributed by atoms with E-state index in [1.54, 1.807) is 0 Å². The second-order valence-corrected chi connectivity index (χ2v) is 7.20. The fraction of sp³-hybridized carbons (Fsp3) is 0.556. The van der Waals surface area contributed by atoms with Gasteiger partial charge in [-0.3, -0.25) is 4.90 Å². The zero-order valence-corrected chi connectivity index (χ0v) is 13.9. The number of ether oxygens (including phenoxy) is 1. The molecule has 0 radical (unpaired) electrons. The van der Waals surface area contributed by atoms with Crippen LogP contribution >= 0.6 is 0 Å². The monoisotopic (exact) mass is 326 g/mol. The van der Waals surface area contributed by atoms with Gasteiger partial charge in [-0.05, 0) is 26.0 Å². The molecule has 3 atom stereocenters. The number of benzene rings is 1. The van der Waals surface area contributed by atoms with Crippen LogP contribution in [0.4, 0.5) is 0 Å². The molecule has 1 saturated heterocycles. The van der Waals surface area contributed by atoms with Crippen LogP contribution in [0.5, 0.6) is 5.75 Å². The predicted molar refractivity (Wildman–Crippen MR) is 88.1 cm³/mol. The molecule has 2 aromatic rings. The molecule has 1 spiro atoms. The number of nitrogens with one attached hydrogen (secondary N) is 1. The fourth-order valence-electron chi connectivity index (χ4n) is 4.30. The van der Waals surface area contributed by atoms with E-state index >= 15 is 0 Å². The summed E-state index contributed by atoms with van der Waals surface area (Å²) >= 11 is 0. The number of fused-ring (bicyclic) bond motifs is 2. The minimum absolute atomic E-state index is 0.134. The van der Waals surface area contributed by atoms with E-state index in [4.69, 9.17) is 14.2 Å². The van der Waals surface area contributed by atoms with E-state index in [-0.39, 0.29) is 11.5 Å². The maximum Gasteiger partial charge on any atom is 0.230 e. The van der Waals surface area contributed by atoms with Crippen LogP contribution in [0.15, 0.2) is 28.8 Å². The van der Waals surface area contributed by atoms with Crippen LogP contribution in [0.2, 0.25) is 0 Å². The zero-order chi connectivity index (χ0) is 16.1. The van der Waals surface area contributed by atoms with Gasteiger partial charge >= 0.3 is 0 Å². The molecule has 1 saturated carbocycles. The standard InChI is InChI=1S/C18H22N4O2/c1-22-8-7-19-11-14(22)16-20-17(24-21-16)13-10-18(13)6-9-23-15-5-3-2-4-12(15)18/h2-5,13-14,19H,6-11H2,1H3. The van der Waals surface area contributed by atoms with Gasteiger partial charge < -0.3 is 14.6 Å². The fourth-order valence-corrected chi connectivity index (χ4v) is 4.30. The Kier molecular flexibility index (Phi) is 3.18. The van der Waals surface area contributed by atoms with E-state index in [0.29, 0.717) is 5.92 Å². The smallest absolute Gasteiger partial charge is 0.230 e. The highest BCUT2D eigenvalue weighted by Crippen LogP contribution is 2.65. The normalized spacial score (nSPS) is 32.4. The molecule has 1 aromatic heterocycles. The molecule has 6 heteroatoms. The Bertz CT molecular complexity index is 761. The Morgan fingerprint density at radius 3 is 3.17 bits per heavy atom. The summed E-state index contributed by atoms with van der Waals surface area (Å²) in [6, 6.07) is 8.57. The van der Waals surface area contributed by atoms with Gasteiger partial charge in [0, 0.05) is 36.5 Å². The highest BCUT2D eigenvalue weighted by molar-refractivity contribution is 5.49. The summed E-state index contributed by atoms with van der Waals surface area (Å²) in [7, 11) is 2.12. The highest BCUT2D eigenvalue weighted by atomic mass is 16.5. The molecule has 3 unspecified atom stereocenters. The van der Waals surface area contributed by atoms with Gasteiger partial charge in [0.2, 0.25) is 5.89 Å². The number of hydrogen-bond acceptors (Lipinski definition) is 6. The maximum atomic E-state index is 5.82. The lowest BCUT2D eigenvalue weighted by atomic mass is 9.87. The van der Waals surface area contributed by atoms with Crippen molar-refractivity contribution in [3.05, 3.63) is 41.5 Å². The van der Waals surface area contributed by atoms with Crippen molar-refractivity contribution in [2.75, 3.05) is 33.3 Å². The molecule has 3 heterocycles. The summed E-state index contributed by atoms with van der Waals surface area (Å²) in [5, 5.41) is 7.69. The first-order valence-corrected chi connectivity index (χ1v) is 8.75. The Labute approximate surface area is 141 Å². The van der Waals surface area contributed by atoms with Crippen molar-refractivity contribution in [3.63, 3.8) is 0 Å². The van der Waals surface area contributed by atoms with Gasteiger partial charge in [0.05, 0.1) is 12.6 Å². The largest absolute Gasteiger partial charge is 0.493 e. The first-order chi connectivity index (χ1) is 11.8. The van der Waals surface area contributed by atoms with E-state index in [0.717, 1.165) is 56.5 Å². The molecule has 0 amide bonds. The third kappa shape index (κ3) is 2.09. The Balaban J connectivity index is 1.42. The molecular formula is C18H22N4O2. The SMILES string of the molecule is CN1CCNCC1c1noc(C2CC23CCOc2ccccc23)n1. The van der Waals surface area contributed by atoms with Crippen molar-refractivity contribution in [1.29, 1.82) is 0 Å². The van der Waals surface area contributed by atoms with Crippen molar-refractivity contribution in [1.82, 2.24) is 20.4 Å². The molecule has 5 rings (SSSR count). The molecule has 1 N–H and O–H groups in total. The number of likely N-dealkylation sites (N-methyl/N-ethyl adjacent to an activating group) is 1. The van der Waals surface area contributed by atoms with Gasteiger partial charge in [0.1, 0.15) is 5.75 Å². The van der Waals surface area contributed by atoms with Crippen molar-refractivity contribution in [3.8, 4) is 5.75 Å². The molecule has 6 nitrogen and oxygen atoms in total. The summed E-state index contributed by atoms with van der Waals surface area (Å²) in [5.74, 6) is 2.94. The number of para-hydroxylation sites is 1. The van der Waals surface area contributed by atoms with Crippen molar-refractivity contribution in [2.24, 2.45) is 0 Å². The lowest BCUT2D eigenvalue weighted by molar-refractivity contribution is 0.190. The van der Waals surface area contributed by atoms with Gasteiger partial charge in [-0.15, -0.1) is 0 Å². The lowest BCUT2D eigenvalue weighted by Gasteiger charge is -2.30. The molecule has 24 heavy (non-hydrogen) atoms. The molecule has 3 aliphatic rings. The Morgan fingerprint density at radius 1 is 1.33 bits per heavy atom. The van der Waals surface area contributed by atoms with Crippen LogP contribution in [0.1, 0.15) is 42.1 Å². The summed E-state index contributed by atoms with van der Waals surface area (Å²) in [6.45, 7) is 3.67. The second kappa shape index (κ2) is 5.29. The molecule has 2 fully saturated rings. The summed E-state index contributed by atoms with van der Waals surface area (Å²) in [4.78, 5) is 7.06. The predicted octanol–water partition coefficient (Wildman–Crippen LogP) is 1.85. The van der Waals surface area contributed by atoms with Crippen LogP contribution in [0.25, 0.3) is 0 Å². The number of hydrogen-bond donors (Lipinski definition) is 1. The number of piperazine rings is 1. The average Bonchev–Trinajstić information content (AvgIpc) is 3.11.